The van der Waals surface area contributed by atoms with Gasteiger partial charge in [-0.2, -0.15) is 0 Å². The number of hydrogen-bond acceptors (Lipinski definition) is 0. The predicted octanol–water partition coefficient (Wildman–Crippen LogP) is 6.00. The van der Waals surface area contributed by atoms with Crippen LogP contribution in [0.1, 0.15) is 67.7 Å². The Morgan fingerprint density at radius 1 is 1.00 bits per heavy atom. The number of hydrogen-bond donors (Lipinski definition) is 0. The zero-order chi connectivity index (χ0) is 13.0. The Labute approximate surface area is 104 Å². The van der Waals surface area contributed by atoms with Crippen LogP contribution in [-0.4, -0.2) is 0 Å². The van der Waals surface area contributed by atoms with E-state index in [0.717, 1.165) is 11.8 Å². The third-order valence-electron chi connectivity index (χ3n) is 2.28. The van der Waals surface area contributed by atoms with E-state index in [1.807, 2.05) is 13.8 Å². The molecule has 0 unspecified atom stereocenters. The van der Waals surface area contributed by atoms with Crippen LogP contribution in [0.25, 0.3) is 0 Å². The predicted molar refractivity (Wildman–Crippen MR) is 77.8 cm³/mol. The van der Waals surface area contributed by atoms with Gasteiger partial charge in [0.05, 0.1) is 0 Å². The molecule has 0 fully saturated rings. The molecule has 16 heavy (non-hydrogen) atoms. The van der Waals surface area contributed by atoms with Gasteiger partial charge in [0, 0.05) is 0 Å². The van der Waals surface area contributed by atoms with Gasteiger partial charge in [0.25, 0.3) is 0 Å². The molecular weight excluding hydrogens is 192 g/mol. The van der Waals surface area contributed by atoms with Crippen molar-refractivity contribution in [3.63, 3.8) is 0 Å². The van der Waals surface area contributed by atoms with Crippen molar-refractivity contribution in [2.24, 2.45) is 11.8 Å². The van der Waals surface area contributed by atoms with Crippen LogP contribution >= 0.6 is 0 Å². The zero-order valence-electron chi connectivity index (χ0n) is 12.5. The molecule has 0 radical (unpaired) electrons. The van der Waals surface area contributed by atoms with Crippen LogP contribution in [0.2, 0.25) is 0 Å². The molecule has 0 heterocycles. The molecule has 0 aromatic carbocycles. The van der Waals surface area contributed by atoms with Crippen LogP contribution in [0.5, 0.6) is 0 Å². The lowest BCUT2D eigenvalue weighted by molar-refractivity contribution is 0.476. The minimum Gasteiger partial charge on any atom is -0.0805 e. The van der Waals surface area contributed by atoms with Crippen LogP contribution in [-0.2, 0) is 0 Å². The quantitative estimate of drug-likeness (QED) is 0.551. The highest BCUT2D eigenvalue weighted by atomic mass is 14.0. The second kappa shape index (κ2) is 12.5. The van der Waals surface area contributed by atoms with Crippen LogP contribution in [0.15, 0.2) is 23.8 Å². The smallest absolute Gasteiger partial charge is 0.0135 e. The highest BCUT2D eigenvalue weighted by Gasteiger charge is 1.95. The summed E-state index contributed by atoms with van der Waals surface area (Å²) in [7, 11) is 0. The van der Waals surface area contributed by atoms with Crippen molar-refractivity contribution < 1.29 is 0 Å². The molecule has 0 saturated carbocycles. The van der Waals surface area contributed by atoms with Crippen LogP contribution in [0, 0.1) is 11.8 Å². The molecule has 0 bridgehead atoms. The van der Waals surface area contributed by atoms with Gasteiger partial charge in [0.15, 0.2) is 0 Å². The molecule has 0 aliphatic heterocycles. The third kappa shape index (κ3) is 15.9. The summed E-state index contributed by atoms with van der Waals surface area (Å²) in [6.07, 6.45) is 10.3. The average Bonchev–Trinajstić information content (AvgIpc) is 2.70. The minimum atomic E-state index is 0.886. The van der Waals surface area contributed by atoms with Crippen LogP contribution in [0.4, 0.5) is 0 Å². The first-order chi connectivity index (χ1) is 7.52. The maximum absolute atomic E-state index is 2.28. The van der Waals surface area contributed by atoms with Gasteiger partial charge in [0.1, 0.15) is 0 Å². The summed E-state index contributed by atoms with van der Waals surface area (Å²) in [6, 6.07) is 0. The topological polar surface area (TPSA) is 0 Å². The highest BCUT2D eigenvalue weighted by molar-refractivity contribution is 5.20. The Balaban J connectivity index is 0. The van der Waals surface area contributed by atoms with Gasteiger partial charge in [-0.05, 0) is 25.2 Å². The third-order valence-corrected chi connectivity index (χ3v) is 2.28. The van der Waals surface area contributed by atoms with Gasteiger partial charge in [-0.25, -0.2) is 0 Å². The molecule has 0 aromatic rings. The van der Waals surface area contributed by atoms with E-state index < -0.39 is 0 Å². The molecule has 0 amide bonds. The molecule has 96 valence electrons. The van der Waals surface area contributed by atoms with E-state index in [1.54, 1.807) is 0 Å². The largest absolute Gasteiger partial charge is 0.0805 e. The molecule has 0 aromatic heterocycles. The maximum atomic E-state index is 2.28. The van der Waals surface area contributed by atoms with Gasteiger partial charge in [-0.3, -0.25) is 0 Å². The summed E-state index contributed by atoms with van der Waals surface area (Å²) < 4.78 is 0. The molecule has 1 aliphatic carbocycles. The highest BCUT2D eigenvalue weighted by Crippen LogP contribution is 2.09. The van der Waals surface area contributed by atoms with Crippen LogP contribution in [0.3, 0.4) is 0 Å². The number of rotatable bonds is 3. The summed E-state index contributed by atoms with van der Waals surface area (Å²) >= 11 is 0. The Morgan fingerprint density at radius 3 is 1.56 bits per heavy atom. The molecule has 0 nitrogen and oxygen atoms in total. The van der Waals surface area contributed by atoms with Crippen molar-refractivity contribution in [3.05, 3.63) is 23.8 Å². The molecule has 0 saturated heterocycles. The lowest BCUT2D eigenvalue weighted by atomic mass is 10.0. The first-order valence-electron chi connectivity index (χ1n) is 6.84. The zero-order valence-corrected chi connectivity index (χ0v) is 12.5. The van der Waals surface area contributed by atoms with E-state index in [1.165, 1.54) is 24.8 Å². The molecule has 1 rings (SSSR count). The molecule has 0 N–H and O–H groups in total. The molecule has 0 atom stereocenters. The Morgan fingerprint density at radius 2 is 1.44 bits per heavy atom. The second-order valence-electron chi connectivity index (χ2n) is 5.01. The monoisotopic (exact) mass is 224 g/mol. The van der Waals surface area contributed by atoms with Crippen molar-refractivity contribution in [2.45, 2.75) is 67.7 Å². The van der Waals surface area contributed by atoms with Crippen molar-refractivity contribution in [2.75, 3.05) is 0 Å². The fraction of sp³-hybridized carbons (Fsp3) is 0.750. The van der Waals surface area contributed by atoms with Crippen molar-refractivity contribution >= 4 is 0 Å². The Kier molecular flexibility index (Phi) is 14.0. The van der Waals surface area contributed by atoms with Crippen molar-refractivity contribution in [3.8, 4) is 0 Å². The van der Waals surface area contributed by atoms with E-state index >= 15 is 0 Å². The van der Waals surface area contributed by atoms with Gasteiger partial charge in [-0.1, -0.05) is 78.2 Å². The van der Waals surface area contributed by atoms with Gasteiger partial charge >= 0.3 is 0 Å². The second-order valence-corrected chi connectivity index (χ2v) is 5.01. The molecule has 0 heteroatoms. The Bertz CT molecular complexity index is 174. The fourth-order valence-corrected chi connectivity index (χ4v) is 1.22. The lowest BCUT2D eigenvalue weighted by Crippen LogP contribution is -1.91. The van der Waals surface area contributed by atoms with Crippen molar-refractivity contribution in [1.82, 2.24) is 0 Å². The van der Waals surface area contributed by atoms with E-state index in [2.05, 4.69) is 52.8 Å². The Hall–Kier alpha value is -0.520. The SMILES string of the molecule is CC.CC(C)CCC(C)C.CC1=CC=CC1. The summed E-state index contributed by atoms with van der Waals surface area (Å²) in [6.45, 7) is 15.3. The van der Waals surface area contributed by atoms with E-state index in [4.69, 9.17) is 0 Å². The fourth-order valence-electron chi connectivity index (χ4n) is 1.22. The normalized spacial score (nSPS) is 12.9. The molecule has 0 spiro atoms. The average molecular weight is 224 g/mol. The minimum absolute atomic E-state index is 0.886. The summed E-state index contributed by atoms with van der Waals surface area (Å²) in [4.78, 5) is 0. The standard InChI is InChI=1S/C8H18.C6H8.C2H6/c1-7(2)5-6-8(3)4;1-6-4-2-3-5-6;1-2/h7-8H,5-6H2,1-4H3;2-4H,5H2,1H3;1-2H3. The van der Waals surface area contributed by atoms with Gasteiger partial charge < -0.3 is 0 Å². The molecule has 1 aliphatic rings. The first-order valence-corrected chi connectivity index (χ1v) is 6.84. The van der Waals surface area contributed by atoms with Crippen molar-refractivity contribution in [1.29, 1.82) is 0 Å². The van der Waals surface area contributed by atoms with Gasteiger partial charge in [-0.15, -0.1) is 0 Å². The number of allylic oxidation sites excluding steroid dienone is 4. The summed E-state index contributed by atoms with van der Waals surface area (Å²) in [5.74, 6) is 1.77. The molecular formula is C16H32. The van der Waals surface area contributed by atoms with E-state index in [0.29, 0.717) is 0 Å². The van der Waals surface area contributed by atoms with Gasteiger partial charge in [0.2, 0.25) is 0 Å². The lowest BCUT2D eigenvalue weighted by Gasteiger charge is -2.05. The van der Waals surface area contributed by atoms with E-state index in [-0.39, 0.29) is 0 Å². The first kappa shape index (κ1) is 17.9. The van der Waals surface area contributed by atoms with E-state index in [9.17, 15) is 0 Å². The summed E-state index contributed by atoms with van der Waals surface area (Å²) in [5.41, 5.74) is 1.47. The van der Waals surface area contributed by atoms with Crippen LogP contribution < -0.4 is 0 Å². The maximum Gasteiger partial charge on any atom is -0.0135 e. The summed E-state index contributed by atoms with van der Waals surface area (Å²) in [5, 5.41) is 0.